The third kappa shape index (κ3) is 2.38. The Kier molecular flexibility index (Phi) is 3.06. The highest BCUT2D eigenvalue weighted by atomic mass is 79.9. The van der Waals surface area contributed by atoms with Crippen LogP contribution >= 0.6 is 15.9 Å². The number of aromatic nitrogens is 1. The summed E-state index contributed by atoms with van der Waals surface area (Å²) in [4.78, 5) is 4.26. The number of aromatic hydroxyl groups is 1. The maximum atomic E-state index is 9.42. The van der Waals surface area contributed by atoms with Gasteiger partial charge in [-0.3, -0.25) is 0 Å². The second-order valence-corrected chi connectivity index (χ2v) is 5.31. The van der Waals surface area contributed by atoms with Crippen LogP contribution in [0, 0.1) is 6.92 Å². The van der Waals surface area contributed by atoms with Crippen molar-refractivity contribution < 1.29 is 9.84 Å². The summed E-state index contributed by atoms with van der Waals surface area (Å²) in [6, 6.07) is 7.32. The SMILES string of the molecule is Cc1cc(NC2COc3cc(O)ccc32)cnc1Br. The number of anilines is 1. The molecule has 19 heavy (non-hydrogen) atoms. The van der Waals surface area contributed by atoms with Gasteiger partial charge < -0.3 is 15.2 Å². The van der Waals surface area contributed by atoms with Gasteiger partial charge in [0.15, 0.2) is 0 Å². The van der Waals surface area contributed by atoms with Crippen LogP contribution in [0.5, 0.6) is 11.5 Å². The summed E-state index contributed by atoms with van der Waals surface area (Å²) in [7, 11) is 0. The largest absolute Gasteiger partial charge is 0.508 e. The number of ether oxygens (including phenoxy) is 1. The van der Waals surface area contributed by atoms with Crippen molar-refractivity contribution in [2.75, 3.05) is 11.9 Å². The number of nitrogens with zero attached hydrogens (tertiary/aromatic N) is 1. The second kappa shape index (κ2) is 4.74. The first kappa shape index (κ1) is 12.3. The molecule has 1 aromatic carbocycles. The van der Waals surface area contributed by atoms with E-state index in [1.54, 1.807) is 18.3 Å². The highest BCUT2D eigenvalue weighted by molar-refractivity contribution is 9.10. The lowest BCUT2D eigenvalue weighted by atomic mass is 10.1. The zero-order valence-corrected chi connectivity index (χ0v) is 11.9. The summed E-state index contributed by atoms with van der Waals surface area (Å²) in [6.45, 7) is 2.55. The van der Waals surface area contributed by atoms with Gasteiger partial charge in [0.25, 0.3) is 0 Å². The first-order valence-corrected chi connectivity index (χ1v) is 6.77. The fourth-order valence-corrected chi connectivity index (χ4v) is 2.37. The molecule has 1 unspecified atom stereocenters. The standard InChI is InChI=1S/C14H13BrN2O2/c1-8-4-9(6-16-14(8)15)17-12-7-19-13-5-10(18)2-3-11(12)13/h2-6,12,17-18H,7H2,1H3. The van der Waals surface area contributed by atoms with E-state index in [0.717, 1.165) is 27.2 Å². The number of pyridine rings is 1. The van der Waals surface area contributed by atoms with Crippen molar-refractivity contribution in [2.24, 2.45) is 0 Å². The van der Waals surface area contributed by atoms with Crippen LogP contribution in [0.25, 0.3) is 0 Å². The van der Waals surface area contributed by atoms with Gasteiger partial charge in [-0.2, -0.15) is 0 Å². The molecule has 1 aromatic heterocycles. The number of fused-ring (bicyclic) bond motifs is 1. The molecule has 4 nitrogen and oxygen atoms in total. The van der Waals surface area contributed by atoms with Gasteiger partial charge in [0.05, 0.1) is 17.9 Å². The van der Waals surface area contributed by atoms with E-state index in [0.29, 0.717) is 6.61 Å². The van der Waals surface area contributed by atoms with Crippen LogP contribution < -0.4 is 10.1 Å². The zero-order chi connectivity index (χ0) is 13.4. The normalized spacial score (nSPS) is 16.8. The van der Waals surface area contributed by atoms with Crippen molar-refractivity contribution in [3.8, 4) is 11.5 Å². The third-order valence-electron chi connectivity index (χ3n) is 3.13. The van der Waals surface area contributed by atoms with Gasteiger partial charge in [0, 0.05) is 11.6 Å². The van der Waals surface area contributed by atoms with Crippen molar-refractivity contribution >= 4 is 21.6 Å². The maximum Gasteiger partial charge on any atom is 0.128 e. The predicted molar refractivity (Wildman–Crippen MR) is 76.6 cm³/mol. The Morgan fingerprint density at radius 3 is 3.05 bits per heavy atom. The minimum absolute atomic E-state index is 0.0815. The molecule has 98 valence electrons. The van der Waals surface area contributed by atoms with E-state index in [1.807, 2.05) is 19.1 Å². The van der Waals surface area contributed by atoms with Crippen LogP contribution in [0.1, 0.15) is 17.2 Å². The minimum Gasteiger partial charge on any atom is -0.508 e. The van der Waals surface area contributed by atoms with Gasteiger partial charge in [0.1, 0.15) is 22.7 Å². The van der Waals surface area contributed by atoms with E-state index < -0.39 is 0 Å². The molecule has 3 rings (SSSR count). The lowest BCUT2D eigenvalue weighted by Crippen LogP contribution is -2.12. The van der Waals surface area contributed by atoms with E-state index in [1.165, 1.54) is 0 Å². The third-order valence-corrected chi connectivity index (χ3v) is 3.96. The summed E-state index contributed by atoms with van der Waals surface area (Å²) in [5, 5.41) is 12.8. The lowest BCUT2D eigenvalue weighted by molar-refractivity contribution is 0.338. The second-order valence-electron chi connectivity index (χ2n) is 4.56. The average Bonchev–Trinajstić information content (AvgIpc) is 2.76. The molecule has 0 bridgehead atoms. The lowest BCUT2D eigenvalue weighted by Gasteiger charge is -2.13. The number of halogens is 1. The number of aryl methyl sites for hydroxylation is 1. The molecule has 2 N–H and O–H groups in total. The Bertz CT molecular complexity index is 631. The van der Waals surface area contributed by atoms with Crippen LogP contribution in [0.15, 0.2) is 35.1 Å². The molecule has 0 fully saturated rings. The van der Waals surface area contributed by atoms with Crippen LogP contribution in [-0.2, 0) is 0 Å². The summed E-state index contributed by atoms with van der Waals surface area (Å²) in [5.74, 6) is 0.958. The molecule has 0 spiro atoms. The highest BCUT2D eigenvalue weighted by Gasteiger charge is 2.24. The zero-order valence-electron chi connectivity index (χ0n) is 10.4. The van der Waals surface area contributed by atoms with Gasteiger partial charge in [-0.1, -0.05) is 0 Å². The smallest absolute Gasteiger partial charge is 0.128 e. The number of rotatable bonds is 2. The van der Waals surface area contributed by atoms with Crippen molar-refractivity contribution in [1.82, 2.24) is 4.98 Å². The minimum atomic E-state index is 0.0815. The molecular weight excluding hydrogens is 308 g/mol. The van der Waals surface area contributed by atoms with Gasteiger partial charge in [-0.25, -0.2) is 4.98 Å². The molecule has 0 radical (unpaired) electrons. The average molecular weight is 321 g/mol. The molecule has 1 atom stereocenters. The number of hydrogen-bond acceptors (Lipinski definition) is 4. The predicted octanol–water partition coefficient (Wildman–Crippen LogP) is 3.40. The van der Waals surface area contributed by atoms with E-state index in [4.69, 9.17) is 4.74 Å². The fourth-order valence-electron chi connectivity index (χ4n) is 2.16. The molecule has 2 aromatic rings. The van der Waals surface area contributed by atoms with Gasteiger partial charge >= 0.3 is 0 Å². The topological polar surface area (TPSA) is 54.4 Å². The van der Waals surface area contributed by atoms with E-state index in [9.17, 15) is 5.11 Å². The van der Waals surface area contributed by atoms with E-state index in [2.05, 4.69) is 26.2 Å². The first-order valence-electron chi connectivity index (χ1n) is 5.98. The molecule has 0 aliphatic carbocycles. The number of hydrogen-bond donors (Lipinski definition) is 2. The Balaban J connectivity index is 1.84. The van der Waals surface area contributed by atoms with Crippen molar-refractivity contribution in [3.63, 3.8) is 0 Å². The van der Waals surface area contributed by atoms with Gasteiger partial charge in [-0.05, 0) is 46.6 Å². The van der Waals surface area contributed by atoms with Crippen molar-refractivity contribution in [3.05, 3.63) is 46.2 Å². The van der Waals surface area contributed by atoms with Crippen LogP contribution in [0.2, 0.25) is 0 Å². The van der Waals surface area contributed by atoms with Gasteiger partial charge in [0.2, 0.25) is 0 Å². The summed E-state index contributed by atoms with van der Waals surface area (Å²) in [5.41, 5.74) is 3.09. The van der Waals surface area contributed by atoms with E-state index >= 15 is 0 Å². The number of phenols is 1. The van der Waals surface area contributed by atoms with Crippen molar-refractivity contribution in [1.29, 1.82) is 0 Å². The highest BCUT2D eigenvalue weighted by Crippen LogP contribution is 2.36. The quantitative estimate of drug-likeness (QED) is 0.833. The van der Waals surface area contributed by atoms with Crippen LogP contribution in [0.4, 0.5) is 5.69 Å². The molecular formula is C14H13BrN2O2. The number of nitrogens with one attached hydrogen (secondary N) is 1. The molecule has 2 heterocycles. The molecule has 0 saturated carbocycles. The fraction of sp³-hybridized carbons (Fsp3) is 0.214. The van der Waals surface area contributed by atoms with E-state index in [-0.39, 0.29) is 11.8 Å². The monoisotopic (exact) mass is 320 g/mol. The molecule has 0 saturated heterocycles. The van der Waals surface area contributed by atoms with Crippen molar-refractivity contribution in [2.45, 2.75) is 13.0 Å². The molecule has 1 aliphatic heterocycles. The van der Waals surface area contributed by atoms with Crippen LogP contribution in [0.3, 0.4) is 0 Å². The molecule has 5 heteroatoms. The number of phenolic OH excluding ortho intramolecular Hbond substituents is 1. The maximum absolute atomic E-state index is 9.42. The Morgan fingerprint density at radius 2 is 2.26 bits per heavy atom. The summed E-state index contributed by atoms with van der Waals surface area (Å²) < 4.78 is 6.42. The number of benzene rings is 1. The Morgan fingerprint density at radius 1 is 1.42 bits per heavy atom. The Hall–Kier alpha value is -1.75. The van der Waals surface area contributed by atoms with Gasteiger partial charge in [-0.15, -0.1) is 0 Å². The summed E-state index contributed by atoms with van der Waals surface area (Å²) in [6.07, 6.45) is 1.79. The summed E-state index contributed by atoms with van der Waals surface area (Å²) >= 11 is 3.38. The van der Waals surface area contributed by atoms with Crippen LogP contribution in [-0.4, -0.2) is 16.7 Å². The molecule has 0 amide bonds. The molecule has 1 aliphatic rings. The Labute approximate surface area is 119 Å². The first-order chi connectivity index (χ1) is 9.13.